The molecule has 3 heterocycles. The van der Waals surface area contributed by atoms with Gasteiger partial charge in [-0.3, -0.25) is 0 Å². The van der Waals surface area contributed by atoms with Gasteiger partial charge >= 0.3 is 0 Å². The van der Waals surface area contributed by atoms with E-state index in [2.05, 4.69) is 54.6 Å². The summed E-state index contributed by atoms with van der Waals surface area (Å²) in [6.45, 7) is 0. The van der Waals surface area contributed by atoms with Gasteiger partial charge in [-0.2, -0.15) is 0 Å². The summed E-state index contributed by atoms with van der Waals surface area (Å²) < 4.78 is 7.46. The first kappa shape index (κ1) is 24.8. The molecular weight excluding hydrogens is 561 g/mol. The Hall–Kier alpha value is -5.72. The highest BCUT2D eigenvalue weighted by Gasteiger charge is 2.17. The van der Waals surface area contributed by atoms with Crippen LogP contribution >= 0.6 is 11.3 Å². The van der Waals surface area contributed by atoms with Crippen LogP contribution in [0.5, 0.6) is 0 Å². The molecule has 206 valence electrons. The van der Waals surface area contributed by atoms with Crippen molar-refractivity contribution in [1.29, 1.82) is 0 Å². The molecule has 5 nitrogen and oxygen atoms in total. The number of furan rings is 1. The van der Waals surface area contributed by atoms with E-state index in [0.717, 1.165) is 70.2 Å². The van der Waals surface area contributed by atoms with Gasteiger partial charge in [0.15, 0.2) is 17.5 Å². The number of hydrogen-bond donors (Lipinski definition) is 0. The van der Waals surface area contributed by atoms with E-state index < -0.39 is 0 Å². The average molecular weight is 583 g/mol. The summed E-state index contributed by atoms with van der Waals surface area (Å²) in [5.74, 6) is 1.94. The van der Waals surface area contributed by atoms with E-state index in [9.17, 15) is 0 Å². The van der Waals surface area contributed by atoms with Gasteiger partial charge in [0, 0.05) is 32.8 Å². The molecule has 0 N–H and O–H groups in total. The van der Waals surface area contributed by atoms with Crippen LogP contribution in [0.2, 0.25) is 0 Å². The number of aromatic nitrogens is 4. The van der Waals surface area contributed by atoms with E-state index in [4.69, 9.17) is 24.4 Å². The number of nitrogens with zero attached hydrogens (tertiary/aromatic N) is 4. The SMILES string of the molecule is c1ccc(-c2nc(-c3ccccc3)nc(-c3ccc4c(ccc5nc(-c6cccc7c6oc6ccccc67)sc54)c3)n2)cc1. The van der Waals surface area contributed by atoms with Crippen LogP contribution in [0.25, 0.3) is 87.7 Å². The molecule has 0 aliphatic rings. The number of thiazole rings is 1. The Morgan fingerprint density at radius 1 is 0.477 bits per heavy atom. The van der Waals surface area contributed by atoms with Crippen LogP contribution in [-0.4, -0.2) is 19.9 Å². The molecule has 0 amide bonds. The zero-order valence-corrected chi connectivity index (χ0v) is 24.1. The lowest BCUT2D eigenvalue weighted by molar-refractivity contribution is 0.670. The molecule has 0 fully saturated rings. The van der Waals surface area contributed by atoms with Gasteiger partial charge in [0.25, 0.3) is 0 Å². The summed E-state index contributed by atoms with van der Waals surface area (Å²) >= 11 is 1.69. The summed E-state index contributed by atoms with van der Waals surface area (Å²) in [5.41, 5.74) is 6.58. The van der Waals surface area contributed by atoms with Gasteiger partial charge in [0.1, 0.15) is 16.2 Å². The highest BCUT2D eigenvalue weighted by Crippen LogP contribution is 2.41. The van der Waals surface area contributed by atoms with Gasteiger partial charge in [-0.15, -0.1) is 11.3 Å². The van der Waals surface area contributed by atoms with Gasteiger partial charge < -0.3 is 4.42 Å². The Labute approximate surface area is 256 Å². The molecule has 0 saturated heterocycles. The molecule has 0 saturated carbocycles. The Morgan fingerprint density at radius 2 is 1.14 bits per heavy atom. The molecule has 3 aromatic heterocycles. The van der Waals surface area contributed by atoms with Crippen molar-refractivity contribution in [3.8, 4) is 44.7 Å². The second-order valence-corrected chi connectivity index (χ2v) is 11.7. The fourth-order valence-electron chi connectivity index (χ4n) is 5.82. The van der Waals surface area contributed by atoms with Crippen LogP contribution in [0.1, 0.15) is 0 Å². The molecule has 9 aromatic rings. The number of benzene rings is 6. The lowest BCUT2D eigenvalue weighted by atomic mass is 10.1. The Balaban J connectivity index is 1.18. The fourth-order valence-corrected chi connectivity index (χ4v) is 6.94. The van der Waals surface area contributed by atoms with Crippen molar-refractivity contribution in [2.45, 2.75) is 0 Å². The largest absolute Gasteiger partial charge is 0.455 e. The zero-order chi connectivity index (χ0) is 29.0. The minimum atomic E-state index is 0.640. The van der Waals surface area contributed by atoms with E-state index in [-0.39, 0.29) is 0 Å². The molecule has 44 heavy (non-hydrogen) atoms. The van der Waals surface area contributed by atoms with Crippen molar-refractivity contribution in [3.05, 3.63) is 133 Å². The third kappa shape index (κ3) is 4.07. The molecule has 0 unspecified atom stereocenters. The highest BCUT2D eigenvalue weighted by molar-refractivity contribution is 7.22. The van der Waals surface area contributed by atoms with Crippen LogP contribution in [0, 0.1) is 0 Å². The normalized spacial score (nSPS) is 11.6. The number of fused-ring (bicyclic) bond motifs is 6. The Kier molecular flexibility index (Phi) is 5.61. The van der Waals surface area contributed by atoms with Gasteiger partial charge in [0.2, 0.25) is 0 Å². The van der Waals surface area contributed by atoms with Crippen molar-refractivity contribution in [2.24, 2.45) is 0 Å². The summed E-state index contributed by atoms with van der Waals surface area (Å²) in [6, 6.07) is 45.2. The maximum absolute atomic E-state index is 6.32. The fraction of sp³-hybridized carbons (Fsp3) is 0. The monoisotopic (exact) mass is 582 g/mol. The second kappa shape index (κ2) is 9.93. The Morgan fingerprint density at radius 3 is 1.89 bits per heavy atom. The first-order valence-corrected chi connectivity index (χ1v) is 15.2. The van der Waals surface area contributed by atoms with E-state index in [0.29, 0.717) is 17.5 Å². The summed E-state index contributed by atoms with van der Waals surface area (Å²) in [7, 11) is 0. The predicted molar refractivity (Wildman–Crippen MR) is 180 cm³/mol. The minimum absolute atomic E-state index is 0.640. The van der Waals surface area contributed by atoms with Gasteiger partial charge in [-0.1, -0.05) is 109 Å². The first-order valence-electron chi connectivity index (χ1n) is 14.4. The lowest BCUT2D eigenvalue weighted by Gasteiger charge is -2.09. The molecular formula is C38H22N4OS. The van der Waals surface area contributed by atoms with E-state index in [1.807, 2.05) is 78.9 Å². The summed E-state index contributed by atoms with van der Waals surface area (Å²) in [5, 5.41) is 5.42. The van der Waals surface area contributed by atoms with Crippen LogP contribution in [0.4, 0.5) is 0 Å². The van der Waals surface area contributed by atoms with Gasteiger partial charge in [-0.05, 0) is 29.7 Å². The molecule has 0 aliphatic heterocycles. The predicted octanol–water partition coefficient (Wildman–Crippen LogP) is 10.2. The third-order valence-corrected chi connectivity index (χ3v) is 9.10. The average Bonchev–Trinajstić information content (AvgIpc) is 3.71. The Bertz CT molecular complexity index is 2440. The van der Waals surface area contributed by atoms with E-state index >= 15 is 0 Å². The molecule has 6 aromatic carbocycles. The quantitative estimate of drug-likeness (QED) is 0.207. The molecule has 0 radical (unpaired) electrons. The minimum Gasteiger partial charge on any atom is -0.455 e. The van der Waals surface area contributed by atoms with Crippen molar-refractivity contribution < 1.29 is 4.42 Å². The topological polar surface area (TPSA) is 64.7 Å². The molecule has 0 atom stereocenters. The molecule has 6 heteroatoms. The van der Waals surface area contributed by atoms with Crippen LogP contribution in [0.3, 0.4) is 0 Å². The zero-order valence-electron chi connectivity index (χ0n) is 23.3. The second-order valence-electron chi connectivity index (χ2n) is 10.7. The van der Waals surface area contributed by atoms with Crippen molar-refractivity contribution >= 4 is 54.3 Å². The van der Waals surface area contributed by atoms with Gasteiger partial charge in [-0.25, -0.2) is 19.9 Å². The lowest BCUT2D eigenvalue weighted by Crippen LogP contribution is -2.00. The molecule has 9 rings (SSSR count). The number of hydrogen-bond acceptors (Lipinski definition) is 6. The van der Waals surface area contributed by atoms with E-state index in [1.54, 1.807) is 11.3 Å². The maximum Gasteiger partial charge on any atom is 0.164 e. The van der Waals surface area contributed by atoms with Crippen molar-refractivity contribution in [3.63, 3.8) is 0 Å². The smallest absolute Gasteiger partial charge is 0.164 e. The van der Waals surface area contributed by atoms with Crippen LogP contribution in [0.15, 0.2) is 138 Å². The van der Waals surface area contributed by atoms with Crippen LogP contribution in [-0.2, 0) is 0 Å². The third-order valence-electron chi connectivity index (χ3n) is 7.96. The summed E-state index contributed by atoms with van der Waals surface area (Å²) in [4.78, 5) is 19.7. The standard InChI is InChI=1S/C38H22N4OS/c1-3-10-23(11-4-1)35-40-36(24-12-5-2-6-13-24)42-37(41-35)26-18-20-27-25(22-26)19-21-31-34(27)44-38(39-31)30-16-9-15-29-28-14-7-8-17-32(28)43-33(29)30/h1-22H. The number of rotatable bonds is 4. The maximum atomic E-state index is 6.32. The molecule has 0 spiro atoms. The molecule has 0 aliphatic carbocycles. The van der Waals surface area contributed by atoms with E-state index in [1.165, 1.54) is 0 Å². The van der Waals surface area contributed by atoms with Crippen LogP contribution < -0.4 is 0 Å². The molecule has 0 bridgehead atoms. The summed E-state index contributed by atoms with van der Waals surface area (Å²) in [6.07, 6.45) is 0. The highest BCUT2D eigenvalue weighted by atomic mass is 32.1. The first-order chi connectivity index (χ1) is 21.8. The van der Waals surface area contributed by atoms with Gasteiger partial charge in [0.05, 0.1) is 15.8 Å². The number of para-hydroxylation sites is 2. The van der Waals surface area contributed by atoms with Crippen molar-refractivity contribution in [1.82, 2.24) is 19.9 Å². The van der Waals surface area contributed by atoms with Crippen molar-refractivity contribution in [2.75, 3.05) is 0 Å².